The van der Waals surface area contributed by atoms with E-state index in [0.29, 0.717) is 23.8 Å². The first kappa shape index (κ1) is 15.8. The van der Waals surface area contributed by atoms with Crippen LogP contribution in [0, 0.1) is 0 Å². The Balaban J connectivity index is 1.46. The number of hydrogen-bond donors (Lipinski definition) is 1. The number of furan rings is 1. The molecule has 0 aliphatic heterocycles. The molecule has 0 bridgehead atoms. The van der Waals surface area contributed by atoms with Crippen LogP contribution < -0.4 is 5.32 Å². The van der Waals surface area contributed by atoms with Crippen molar-refractivity contribution in [3.05, 3.63) is 84.6 Å². The molecule has 1 aromatic carbocycles. The van der Waals surface area contributed by atoms with Crippen molar-refractivity contribution in [1.29, 1.82) is 0 Å². The van der Waals surface area contributed by atoms with Crippen LogP contribution in [0.25, 0.3) is 17.3 Å². The molecule has 0 saturated carbocycles. The second-order valence-electron chi connectivity index (χ2n) is 5.54. The summed E-state index contributed by atoms with van der Waals surface area (Å²) in [5, 5.41) is 7.24. The summed E-state index contributed by atoms with van der Waals surface area (Å²) in [6.45, 7) is 0.439. The van der Waals surface area contributed by atoms with Gasteiger partial charge in [-0.2, -0.15) is 5.10 Å². The van der Waals surface area contributed by atoms with E-state index in [1.54, 1.807) is 41.6 Å². The number of carbonyl (C=O) groups is 1. The lowest BCUT2D eigenvalue weighted by molar-refractivity contribution is 0.0922. The van der Waals surface area contributed by atoms with Gasteiger partial charge in [0.05, 0.1) is 6.20 Å². The largest absolute Gasteiger partial charge is 0.433 e. The number of amides is 1. The van der Waals surface area contributed by atoms with Crippen LogP contribution in [0.5, 0.6) is 0 Å². The monoisotopic (exact) mass is 345 g/mol. The van der Waals surface area contributed by atoms with Crippen molar-refractivity contribution in [2.45, 2.75) is 6.54 Å². The van der Waals surface area contributed by atoms with Gasteiger partial charge in [0, 0.05) is 31.2 Å². The first-order valence-corrected chi connectivity index (χ1v) is 8.04. The minimum absolute atomic E-state index is 0.229. The summed E-state index contributed by atoms with van der Waals surface area (Å²) in [6.07, 6.45) is 6.59. The van der Waals surface area contributed by atoms with E-state index in [-0.39, 0.29) is 11.7 Å². The van der Waals surface area contributed by atoms with E-state index in [4.69, 9.17) is 4.42 Å². The zero-order chi connectivity index (χ0) is 17.8. The van der Waals surface area contributed by atoms with Gasteiger partial charge in [-0.15, -0.1) is 0 Å². The van der Waals surface area contributed by atoms with Crippen molar-refractivity contribution in [2.75, 3.05) is 0 Å². The highest BCUT2D eigenvalue weighted by Gasteiger charge is 2.13. The van der Waals surface area contributed by atoms with E-state index >= 15 is 0 Å². The second-order valence-corrected chi connectivity index (χ2v) is 5.54. The fourth-order valence-corrected chi connectivity index (χ4v) is 2.45. The smallest absolute Gasteiger partial charge is 0.287 e. The predicted octanol–water partition coefficient (Wildman–Crippen LogP) is 2.85. The van der Waals surface area contributed by atoms with Crippen LogP contribution in [0.1, 0.15) is 16.1 Å². The summed E-state index contributed by atoms with van der Waals surface area (Å²) < 4.78 is 7.18. The molecule has 0 aliphatic rings. The van der Waals surface area contributed by atoms with Crippen LogP contribution in [0.4, 0.5) is 0 Å². The maximum Gasteiger partial charge on any atom is 0.287 e. The van der Waals surface area contributed by atoms with Gasteiger partial charge in [-0.3, -0.25) is 14.8 Å². The number of aromatic nitrogens is 4. The van der Waals surface area contributed by atoms with Crippen LogP contribution in [-0.2, 0) is 6.54 Å². The minimum Gasteiger partial charge on any atom is -0.433 e. The van der Waals surface area contributed by atoms with E-state index < -0.39 is 0 Å². The van der Waals surface area contributed by atoms with Crippen LogP contribution in [0.15, 0.2) is 77.7 Å². The van der Waals surface area contributed by atoms with E-state index in [0.717, 1.165) is 5.56 Å². The number of nitrogens with one attached hydrogen (secondary N) is 1. The number of benzene rings is 1. The highest BCUT2D eigenvalue weighted by molar-refractivity contribution is 5.91. The summed E-state index contributed by atoms with van der Waals surface area (Å²) >= 11 is 0. The molecule has 3 aromatic heterocycles. The third-order valence-corrected chi connectivity index (χ3v) is 3.75. The Labute approximate surface area is 149 Å². The van der Waals surface area contributed by atoms with E-state index in [1.165, 1.54) is 0 Å². The van der Waals surface area contributed by atoms with E-state index in [2.05, 4.69) is 20.4 Å². The number of hydrogen-bond acceptors (Lipinski definition) is 5. The standard InChI is InChI=1S/C19H15N5O2/c25-19(22-12-14-4-2-1-3-5-14)17-6-7-18(26-17)24-11-8-15(23-24)16-13-20-9-10-21-16/h1-11,13H,12H2,(H,22,25). The summed E-state index contributed by atoms with van der Waals surface area (Å²) in [6, 6.07) is 14.8. The highest BCUT2D eigenvalue weighted by atomic mass is 16.4. The number of rotatable bonds is 5. The first-order valence-electron chi connectivity index (χ1n) is 8.04. The van der Waals surface area contributed by atoms with Gasteiger partial charge in [-0.1, -0.05) is 30.3 Å². The Kier molecular flexibility index (Phi) is 4.26. The van der Waals surface area contributed by atoms with Gasteiger partial charge in [-0.05, 0) is 17.7 Å². The SMILES string of the molecule is O=C(NCc1ccccc1)c1ccc(-n2ccc(-c3cnccn3)n2)o1. The van der Waals surface area contributed by atoms with Crippen LogP contribution in [0.2, 0.25) is 0 Å². The lowest BCUT2D eigenvalue weighted by atomic mass is 10.2. The molecule has 7 nitrogen and oxygen atoms in total. The van der Waals surface area contributed by atoms with E-state index in [1.807, 2.05) is 36.4 Å². The van der Waals surface area contributed by atoms with Crippen LogP contribution >= 0.6 is 0 Å². The molecular formula is C19H15N5O2. The quantitative estimate of drug-likeness (QED) is 0.601. The Morgan fingerprint density at radius 2 is 1.92 bits per heavy atom. The molecule has 1 amide bonds. The molecule has 3 heterocycles. The van der Waals surface area contributed by atoms with Gasteiger partial charge in [-0.25, -0.2) is 4.68 Å². The van der Waals surface area contributed by atoms with E-state index in [9.17, 15) is 4.79 Å². The minimum atomic E-state index is -0.276. The van der Waals surface area contributed by atoms with Crippen molar-refractivity contribution in [1.82, 2.24) is 25.1 Å². The van der Waals surface area contributed by atoms with Gasteiger partial charge >= 0.3 is 0 Å². The molecule has 0 unspecified atom stereocenters. The number of carbonyl (C=O) groups excluding carboxylic acids is 1. The van der Waals surface area contributed by atoms with Crippen molar-refractivity contribution in [2.24, 2.45) is 0 Å². The topological polar surface area (TPSA) is 85.8 Å². The number of nitrogens with zero attached hydrogens (tertiary/aromatic N) is 4. The molecule has 0 radical (unpaired) electrons. The first-order chi connectivity index (χ1) is 12.8. The summed E-state index contributed by atoms with van der Waals surface area (Å²) in [7, 11) is 0. The molecular weight excluding hydrogens is 330 g/mol. The maximum atomic E-state index is 12.2. The van der Waals surface area contributed by atoms with Crippen molar-refractivity contribution in [3.63, 3.8) is 0 Å². The molecule has 128 valence electrons. The Hall–Kier alpha value is -3.74. The molecule has 26 heavy (non-hydrogen) atoms. The molecule has 4 rings (SSSR count). The molecule has 0 aliphatic carbocycles. The third kappa shape index (κ3) is 3.36. The highest BCUT2D eigenvalue weighted by Crippen LogP contribution is 2.17. The van der Waals surface area contributed by atoms with Crippen molar-refractivity contribution in [3.8, 4) is 17.3 Å². The average Bonchev–Trinajstić information content (AvgIpc) is 3.37. The zero-order valence-electron chi connectivity index (χ0n) is 13.7. The lowest BCUT2D eigenvalue weighted by Gasteiger charge is -2.03. The van der Waals surface area contributed by atoms with Crippen LogP contribution in [-0.4, -0.2) is 25.7 Å². The normalized spacial score (nSPS) is 10.6. The molecule has 4 aromatic rings. The van der Waals surface area contributed by atoms with Gasteiger partial charge in [0.15, 0.2) is 5.76 Å². The molecule has 0 saturated heterocycles. The molecule has 0 fully saturated rings. The van der Waals surface area contributed by atoms with Gasteiger partial charge in [0.2, 0.25) is 5.88 Å². The van der Waals surface area contributed by atoms with Gasteiger partial charge in [0.25, 0.3) is 5.91 Å². The Morgan fingerprint density at radius 3 is 2.73 bits per heavy atom. The Morgan fingerprint density at radius 1 is 1.04 bits per heavy atom. The predicted molar refractivity (Wildman–Crippen MR) is 94.5 cm³/mol. The maximum absolute atomic E-state index is 12.2. The zero-order valence-corrected chi connectivity index (χ0v) is 13.7. The van der Waals surface area contributed by atoms with Crippen LogP contribution in [0.3, 0.4) is 0 Å². The third-order valence-electron chi connectivity index (χ3n) is 3.75. The molecule has 0 spiro atoms. The van der Waals surface area contributed by atoms with Crippen molar-refractivity contribution < 1.29 is 9.21 Å². The Bertz CT molecular complexity index is 1010. The summed E-state index contributed by atoms with van der Waals surface area (Å²) in [5.41, 5.74) is 2.36. The average molecular weight is 345 g/mol. The fourth-order valence-electron chi connectivity index (χ4n) is 2.45. The summed E-state index contributed by atoms with van der Waals surface area (Å²) in [4.78, 5) is 20.5. The lowest BCUT2D eigenvalue weighted by Crippen LogP contribution is -2.22. The summed E-state index contributed by atoms with van der Waals surface area (Å²) in [5.74, 6) is 0.402. The molecule has 0 atom stereocenters. The van der Waals surface area contributed by atoms with Gasteiger partial charge < -0.3 is 9.73 Å². The second kappa shape index (κ2) is 7.02. The van der Waals surface area contributed by atoms with Crippen molar-refractivity contribution >= 4 is 5.91 Å². The molecule has 1 N–H and O–H groups in total. The molecule has 7 heteroatoms. The fraction of sp³-hybridized carbons (Fsp3) is 0.0526. The van der Waals surface area contributed by atoms with Gasteiger partial charge in [0.1, 0.15) is 11.4 Å².